The van der Waals surface area contributed by atoms with Crippen molar-refractivity contribution in [3.63, 3.8) is 0 Å². The second-order valence-corrected chi connectivity index (χ2v) is 6.22. The van der Waals surface area contributed by atoms with Crippen LogP contribution in [0.15, 0.2) is 47.2 Å². The van der Waals surface area contributed by atoms with Gasteiger partial charge in [-0.2, -0.15) is 10.2 Å². The number of hydrogen-bond donors (Lipinski definition) is 1. The zero-order valence-electron chi connectivity index (χ0n) is 12.8. The summed E-state index contributed by atoms with van der Waals surface area (Å²) in [4.78, 5) is 12.2. The van der Waals surface area contributed by atoms with Gasteiger partial charge in [0, 0.05) is 24.6 Å². The normalized spacial score (nSPS) is 10.7. The number of aryl methyl sites for hydroxylation is 2. The maximum atomic E-state index is 12.2. The smallest absolute Gasteiger partial charge is 0.276 e. The number of hydrogen-bond acceptors (Lipinski definition) is 3. The van der Waals surface area contributed by atoms with Crippen LogP contribution in [0, 0.1) is 6.92 Å². The third-order valence-corrected chi connectivity index (χ3v) is 3.89. The Labute approximate surface area is 142 Å². The molecule has 0 saturated carbocycles. The van der Waals surface area contributed by atoms with E-state index in [0.717, 1.165) is 21.4 Å². The van der Waals surface area contributed by atoms with Crippen LogP contribution in [-0.4, -0.2) is 25.5 Å². The highest BCUT2D eigenvalue weighted by atomic mass is 79.9. The highest BCUT2D eigenvalue weighted by molar-refractivity contribution is 9.10. The Kier molecular flexibility index (Phi) is 4.29. The van der Waals surface area contributed by atoms with Crippen LogP contribution in [0.3, 0.4) is 0 Å². The van der Waals surface area contributed by atoms with E-state index >= 15 is 0 Å². The SMILES string of the molecule is Cc1cc(C(=O)Nc2cccc(Cn3cc(Br)cn3)c2)nn1C. The Morgan fingerprint density at radius 3 is 2.83 bits per heavy atom. The van der Waals surface area contributed by atoms with Crippen LogP contribution in [-0.2, 0) is 13.6 Å². The summed E-state index contributed by atoms with van der Waals surface area (Å²) in [5, 5.41) is 11.3. The molecule has 0 fully saturated rings. The van der Waals surface area contributed by atoms with Gasteiger partial charge in [-0.3, -0.25) is 14.2 Å². The number of carbonyl (C=O) groups is 1. The summed E-state index contributed by atoms with van der Waals surface area (Å²) in [7, 11) is 1.81. The van der Waals surface area contributed by atoms with Gasteiger partial charge in [0.15, 0.2) is 5.69 Å². The molecule has 1 amide bonds. The molecular formula is C16H16BrN5O. The lowest BCUT2D eigenvalue weighted by molar-refractivity contribution is 0.102. The molecule has 0 bridgehead atoms. The van der Waals surface area contributed by atoms with Crippen molar-refractivity contribution in [2.75, 3.05) is 5.32 Å². The summed E-state index contributed by atoms with van der Waals surface area (Å²) in [6, 6.07) is 9.46. The average molecular weight is 374 g/mol. The summed E-state index contributed by atoms with van der Waals surface area (Å²) in [6.45, 7) is 2.55. The summed E-state index contributed by atoms with van der Waals surface area (Å²) >= 11 is 3.38. The summed E-state index contributed by atoms with van der Waals surface area (Å²) in [5.41, 5.74) is 3.14. The van der Waals surface area contributed by atoms with E-state index < -0.39 is 0 Å². The minimum absolute atomic E-state index is 0.215. The largest absolute Gasteiger partial charge is 0.321 e. The van der Waals surface area contributed by atoms with Crippen molar-refractivity contribution in [2.24, 2.45) is 7.05 Å². The second kappa shape index (κ2) is 6.37. The zero-order valence-corrected chi connectivity index (χ0v) is 14.4. The molecule has 1 aromatic carbocycles. The first-order valence-corrected chi connectivity index (χ1v) is 7.89. The van der Waals surface area contributed by atoms with Gasteiger partial charge in [0.05, 0.1) is 17.2 Å². The van der Waals surface area contributed by atoms with E-state index in [2.05, 4.69) is 31.4 Å². The van der Waals surface area contributed by atoms with Crippen LogP contribution < -0.4 is 5.32 Å². The van der Waals surface area contributed by atoms with E-state index in [-0.39, 0.29) is 5.91 Å². The van der Waals surface area contributed by atoms with E-state index in [0.29, 0.717) is 12.2 Å². The Morgan fingerprint density at radius 2 is 2.17 bits per heavy atom. The van der Waals surface area contributed by atoms with Crippen molar-refractivity contribution >= 4 is 27.5 Å². The number of halogens is 1. The molecule has 0 saturated heterocycles. The van der Waals surface area contributed by atoms with Crippen molar-refractivity contribution in [1.29, 1.82) is 0 Å². The molecule has 6 nitrogen and oxygen atoms in total. The fourth-order valence-corrected chi connectivity index (χ4v) is 2.55. The first-order chi connectivity index (χ1) is 11.0. The molecule has 0 spiro atoms. The third kappa shape index (κ3) is 3.68. The monoisotopic (exact) mass is 373 g/mol. The standard InChI is InChI=1S/C16H16BrN5O/c1-11-6-15(20-21(11)2)16(23)19-14-5-3-4-12(7-14)9-22-10-13(17)8-18-22/h3-8,10H,9H2,1-2H3,(H,19,23). The number of aromatic nitrogens is 4. The number of nitrogens with zero attached hydrogens (tertiary/aromatic N) is 4. The van der Waals surface area contributed by atoms with Gasteiger partial charge >= 0.3 is 0 Å². The zero-order chi connectivity index (χ0) is 16.4. The molecule has 0 unspecified atom stereocenters. The Balaban J connectivity index is 1.73. The van der Waals surface area contributed by atoms with Crippen molar-refractivity contribution in [1.82, 2.24) is 19.6 Å². The molecule has 0 aliphatic rings. The maximum Gasteiger partial charge on any atom is 0.276 e. The fourth-order valence-electron chi connectivity index (χ4n) is 2.23. The minimum Gasteiger partial charge on any atom is -0.321 e. The average Bonchev–Trinajstić information content (AvgIpc) is 3.06. The molecule has 2 aromatic heterocycles. The molecule has 0 atom stereocenters. The quantitative estimate of drug-likeness (QED) is 0.764. The van der Waals surface area contributed by atoms with Crippen molar-refractivity contribution in [3.8, 4) is 0 Å². The Bertz CT molecular complexity index is 832. The molecule has 3 aromatic rings. The van der Waals surface area contributed by atoms with Gasteiger partial charge in [-0.25, -0.2) is 0 Å². The molecule has 118 valence electrons. The molecule has 3 rings (SSSR count). The number of rotatable bonds is 4. The molecule has 1 N–H and O–H groups in total. The lowest BCUT2D eigenvalue weighted by Gasteiger charge is -2.06. The molecule has 0 aliphatic heterocycles. The lowest BCUT2D eigenvalue weighted by atomic mass is 10.2. The van der Waals surface area contributed by atoms with Crippen LogP contribution in [0.5, 0.6) is 0 Å². The summed E-state index contributed by atoms with van der Waals surface area (Å²) in [6.07, 6.45) is 3.65. The highest BCUT2D eigenvalue weighted by Gasteiger charge is 2.11. The molecule has 23 heavy (non-hydrogen) atoms. The van der Waals surface area contributed by atoms with Crippen molar-refractivity contribution < 1.29 is 4.79 Å². The van der Waals surface area contributed by atoms with Gasteiger partial charge < -0.3 is 5.32 Å². The van der Waals surface area contributed by atoms with Crippen LogP contribution in [0.2, 0.25) is 0 Å². The minimum atomic E-state index is -0.215. The van der Waals surface area contributed by atoms with Gasteiger partial charge in [0.25, 0.3) is 5.91 Å². The number of anilines is 1. The van der Waals surface area contributed by atoms with Gasteiger partial charge in [0.1, 0.15) is 0 Å². The molecular weight excluding hydrogens is 358 g/mol. The van der Waals surface area contributed by atoms with E-state index in [1.807, 2.05) is 49.1 Å². The number of nitrogens with one attached hydrogen (secondary N) is 1. The summed E-state index contributed by atoms with van der Waals surface area (Å²) in [5.74, 6) is -0.215. The number of carbonyl (C=O) groups excluding carboxylic acids is 1. The second-order valence-electron chi connectivity index (χ2n) is 5.31. The Hall–Kier alpha value is -2.41. The first kappa shape index (κ1) is 15.5. The predicted octanol–water partition coefficient (Wildman–Crippen LogP) is 2.99. The molecule has 2 heterocycles. The maximum absolute atomic E-state index is 12.2. The predicted molar refractivity (Wildman–Crippen MR) is 91.4 cm³/mol. The van der Waals surface area contributed by atoms with Crippen LogP contribution >= 0.6 is 15.9 Å². The van der Waals surface area contributed by atoms with E-state index in [1.165, 1.54) is 0 Å². The fraction of sp³-hybridized carbons (Fsp3) is 0.188. The van der Waals surface area contributed by atoms with Crippen molar-refractivity contribution in [2.45, 2.75) is 13.5 Å². The third-order valence-electron chi connectivity index (χ3n) is 3.48. The van der Waals surface area contributed by atoms with Crippen LogP contribution in [0.4, 0.5) is 5.69 Å². The van der Waals surface area contributed by atoms with E-state index in [1.54, 1.807) is 16.9 Å². The molecule has 7 heteroatoms. The van der Waals surface area contributed by atoms with Gasteiger partial charge in [0.2, 0.25) is 0 Å². The number of benzene rings is 1. The van der Waals surface area contributed by atoms with Gasteiger partial charge in [-0.05, 0) is 46.6 Å². The highest BCUT2D eigenvalue weighted by Crippen LogP contribution is 2.14. The van der Waals surface area contributed by atoms with Gasteiger partial charge in [-0.15, -0.1) is 0 Å². The lowest BCUT2D eigenvalue weighted by Crippen LogP contribution is -2.13. The Morgan fingerprint density at radius 1 is 1.35 bits per heavy atom. The topological polar surface area (TPSA) is 64.7 Å². The van der Waals surface area contributed by atoms with Crippen molar-refractivity contribution in [3.05, 3.63) is 64.1 Å². The molecule has 0 aliphatic carbocycles. The van der Waals surface area contributed by atoms with Crippen LogP contribution in [0.1, 0.15) is 21.7 Å². The van der Waals surface area contributed by atoms with E-state index in [4.69, 9.17) is 0 Å². The van der Waals surface area contributed by atoms with Gasteiger partial charge in [-0.1, -0.05) is 12.1 Å². The first-order valence-electron chi connectivity index (χ1n) is 7.10. The molecule has 0 radical (unpaired) electrons. The van der Waals surface area contributed by atoms with Crippen LogP contribution in [0.25, 0.3) is 0 Å². The number of amides is 1. The summed E-state index contributed by atoms with van der Waals surface area (Å²) < 4.78 is 4.45. The van der Waals surface area contributed by atoms with E-state index in [9.17, 15) is 4.79 Å².